The van der Waals surface area contributed by atoms with Crippen molar-refractivity contribution in [1.82, 2.24) is 15.2 Å². The number of aromatic nitrogens is 1. The minimum absolute atomic E-state index is 0.0404. The highest BCUT2D eigenvalue weighted by atomic mass is 32.1. The molecule has 8 heteroatoms. The van der Waals surface area contributed by atoms with Gasteiger partial charge in [-0.3, -0.25) is 0 Å². The molecule has 152 valence electrons. The Morgan fingerprint density at radius 1 is 1.24 bits per heavy atom. The van der Waals surface area contributed by atoms with Crippen molar-refractivity contribution in [2.24, 2.45) is 0 Å². The normalized spacial score (nSPS) is 14.8. The second-order valence-electron chi connectivity index (χ2n) is 6.90. The quantitative estimate of drug-likeness (QED) is 0.679. The Labute approximate surface area is 172 Å². The molecule has 3 aromatic rings. The zero-order valence-corrected chi connectivity index (χ0v) is 16.9. The highest BCUT2D eigenvalue weighted by molar-refractivity contribution is 7.20. The molecule has 0 aliphatic carbocycles. The maximum atomic E-state index is 12.9. The van der Waals surface area contributed by atoms with Gasteiger partial charge in [0, 0.05) is 38.5 Å². The number of urea groups is 1. The van der Waals surface area contributed by atoms with Crippen molar-refractivity contribution in [3.8, 4) is 10.9 Å². The summed E-state index contributed by atoms with van der Waals surface area (Å²) in [7, 11) is 1.63. The van der Waals surface area contributed by atoms with Crippen molar-refractivity contribution in [3.63, 3.8) is 0 Å². The van der Waals surface area contributed by atoms with Gasteiger partial charge in [0.1, 0.15) is 17.7 Å². The van der Waals surface area contributed by atoms with Gasteiger partial charge in [-0.1, -0.05) is 23.5 Å². The molecule has 2 aromatic carbocycles. The molecule has 0 unspecified atom stereocenters. The van der Waals surface area contributed by atoms with Crippen LogP contribution < -0.4 is 14.8 Å². The Balaban J connectivity index is 1.26. The molecule has 29 heavy (non-hydrogen) atoms. The summed E-state index contributed by atoms with van der Waals surface area (Å²) in [5, 5.41) is 3.53. The molecule has 0 atom stereocenters. The van der Waals surface area contributed by atoms with Crippen molar-refractivity contribution < 1.29 is 18.7 Å². The number of ether oxygens (including phenoxy) is 2. The van der Waals surface area contributed by atoms with E-state index in [0.717, 1.165) is 34.4 Å². The fraction of sp³-hybridized carbons (Fsp3) is 0.333. The smallest absolute Gasteiger partial charge is 0.317 e. The Bertz CT molecular complexity index is 985. The van der Waals surface area contributed by atoms with Crippen LogP contribution in [0.4, 0.5) is 9.18 Å². The number of halogens is 1. The Hall–Kier alpha value is -2.87. The van der Waals surface area contributed by atoms with Gasteiger partial charge in [-0.05, 0) is 29.8 Å². The molecular weight excluding hydrogens is 393 g/mol. The third-order valence-corrected chi connectivity index (χ3v) is 5.86. The number of fused-ring (bicyclic) bond motifs is 1. The van der Waals surface area contributed by atoms with E-state index in [1.807, 2.05) is 18.2 Å². The molecule has 1 aromatic heterocycles. The summed E-state index contributed by atoms with van der Waals surface area (Å²) >= 11 is 1.52. The summed E-state index contributed by atoms with van der Waals surface area (Å²) in [6.07, 6.45) is 1.55. The number of piperidine rings is 1. The van der Waals surface area contributed by atoms with Crippen LogP contribution in [-0.4, -0.2) is 42.2 Å². The molecule has 2 heterocycles. The number of methoxy groups -OCH3 is 1. The number of thiazole rings is 1. The predicted octanol–water partition coefficient (Wildman–Crippen LogP) is 4.20. The number of carbonyl (C=O) groups is 1. The van der Waals surface area contributed by atoms with E-state index in [4.69, 9.17) is 9.47 Å². The van der Waals surface area contributed by atoms with Gasteiger partial charge in [0.05, 0.1) is 17.3 Å². The fourth-order valence-electron chi connectivity index (χ4n) is 3.27. The van der Waals surface area contributed by atoms with E-state index in [-0.39, 0.29) is 18.0 Å². The minimum atomic E-state index is -0.283. The molecule has 1 aliphatic rings. The lowest BCUT2D eigenvalue weighted by molar-refractivity contribution is 0.111. The van der Waals surface area contributed by atoms with E-state index in [0.29, 0.717) is 24.8 Å². The number of hydrogen-bond acceptors (Lipinski definition) is 5. The van der Waals surface area contributed by atoms with Gasteiger partial charge in [-0.2, -0.15) is 0 Å². The van der Waals surface area contributed by atoms with Gasteiger partial charge in [-0.15, -0.1) is 0 Å². The molecule has 1 aliphatic heterocycles. The van der Waals surface area contributed by atoms with Crippen LogP contribution in [0, 0.1) is 5.82 Å². The molecule has 6 nitrogen and oxygen atoms in total. The molecule has 0 bridgehead atoms. The third kappa shape index (κ3) is 4.76. The molecule has 0 spiro atoms. The van der Waals surface area contributed by atoms with Gasteiger partial charge in [-0.25, -0.2) is 14.2 Å². The Kier molecular flexibility index (Phi) is 5.80. The first kappa shape index (κ1) is 19.4. The summed E-state index contributed by atoms with van der Waals surface area (Å²) in [6.45, 7) is 1.63. The minimum Gasteiger partial charge on any atom is -0.497 e. The maximum absolute atomic E-state index is 12.9. The maximum Gasteiger partial charge on any atom is 0.317 e. The zero-order valence-electron chi connectivity index (χ0n) is 16.1. The summed E-state index contributed by atoms with van der Waals surface area (Å²) in [4.78, 5) is 18.7. The second kappa shape index (κ2) is 8.65. The number of nitrogens with one attached hydrogen (secondary N) is 1. The van der Waals surface area contributed by atoms with Crippen LogP contribution in [0.1, 0.15) is 18.4 Å². The molecular formula is C21H22FN3O3S. The van der Waals surface area contributed by atoms with Gasteiger partial charge in [0.15, 0.2) is 0 Å². The number of rotatable bonds is 5. The van der Waals surface area contributed by atoms with E-state index < -0.39 is 0 Å². The summed E-state index contributed by atoms with van der Waals surface area (Å²) in [5.41, 5.74) is 1.73. The largest absolute Gasteiger partial charge is 0.497 e. The first-order valence-electron chi connectivity index (χ1n) is 9.49. The zero-order chi connectivity index (χ0) is 20.2. The number of carbonyl (C=O) groups excluding carboxylic acids is 1. The Morgan fingerprint density at radius 3 is 2.72 bits per heavy atom. The first-order chi connectivity index (χ1) is 14.1. The molecule has 0 saturated carbocycles. The van der Waals surface area contributed by atoms with E-state index >= 15 is 0 Å². The van der Waals surface area contributed by atoms with Crippen LogP contribution >= 0.6 is 11.3 Å². The van der Waals surface area contributed by atoms with E-state index in [1.165, 1.54) is 23.5 Å². The first-order valence-corrected chi connectivity index (χ1v) is 10.3. The molecule has 2 amide bonds. The molecule has 0 radical (unpaired) electrons. The van der Waals surface area contributed by atoms with Crippen molar-refractivity contribution in [1.29, 1.82) is 0 Å². The number of hydrogen-bond donors (Lipinski definition) is 1. The predicted molar refractivity (Wildman–Crippen MR) is 110 cm³/mol. The van der Waals surface area contributed by atoms with Crippen LogP contribution in [0.15, 0.2) is 42.5 Å². The van der Waals surface area contributed by atoms with E-state index in [9.17, 15) is 9.18 Å². The van der Waals surface area contributed by atoms with Crippen LogP contribution in [0.3, 0.4) is 0 Å². The highest BCUT2D eigenvalue weighted by Gasteiger charge is 2.24. The van der Waals surface area contributed by atoms with Crippen LogP contribution in [0.25, 0.3) is 10.2 Å². The summed E-state index contributed by atoms with van der Waals surface area (Å²) < 4.78 is 25.3. The lowest BCUT2D eigenvalue weighted by Gasteiger charge is -2.31. The van der Waals surface area contributed by atoms with Gasteiger partial charge in [0.25, 0.3) is 5.19 Å². The number of amides is 2. The van der Waals surface area contributed by atoms with Crippen LogP contribution in [0.2, 0.25) is 0 Å². The van der Waals surface area contributed by atoms with Crippen molar-refractivity contribution in [2.45, 2.75) is 25.5 Å². The van der Waals surface area contributed by atoms with Crippen molar-refractivity contribution in [3.05, 3.63) is 53.8 Å². The molecule has 1 saturated heterocycles. The van der Waals surface area contributed by atoms with E-state index in [1.54, 1.807) is 24.1 Å². The van der Waals surface area contributed by atoms with Crippen molar-refractivity contribution >= 4 is 27.6 Å². The molecule has 1 fully saturated rings. The second-order valence-corrected chi connectivity index (χ2v) is 7.90. The van der Waals surface area contributed by atoms with Gasteiger partial charge >= 0.3 is 6.03 Å². The summed E-state index contributed by atoms with van der Waals surface area (Å²) in [5.74, 6) is 0.490. The number of nitrogens with zero attached hydrogens (tertiary/aromatic N) is 2. The molecule has 4 rings (SSSR count). The number of benzene rings is 2. The Morgan fingerprint density at radius 2 is 2.00 bits per heavy atom. The van der Waals surface area contributed by atoms with Crippen molar-refractivity contribution in [2.75, 3.05) is 20.2 Å². The third-order valence-electron chi connectivity index (χ3n) is 4.93. The molecule has 1 N–H and O–H groups in total. The highest BCUT2D eigenvalue weighted by Crippen LogP contribution is 2.31. The average molecular weight is 415 g/mol. The summed E-state index contributed by atoms with van der Waals surface area (Å²) in [6, 6.07) is 11.8. The lowest BCUT2D eigenvalue weighted by Crippen LogP contribution is -2.46. The standard InChI is InChI=1S/C21H22FN3O3S/c1-27-17-6-7-19-18(12-17)24-21(29-19)28-16-8-10-25(11-9-16)20(26)23-13-14-2-4-15(22)5-3-14/h2-7,12,16H,8-11,13H2,1H3,(H,23,26). The monoisotopic (exact) mass is 415 g/mol. The topological polar surface area (TPSA) is 63.7 Å². The lowest BCUT2D eigenvalue weighted by atomic mass is 10.1. The van der Waals surface area contributed by atoms with Crippen LogP contribution in [-0.2, 0) is 6.54 Å². The number of likely N-dealkylation sites (tertiary alicyclic amines) is 1. The fourth-order valence-corrected chi connectivity index (χ4v) is 4.14. The average Bonchev–Trinajstić information content (AvgIpc) is 3.15. The van der Waals surface area contributed by atoms with Crippen LogP contribution in [0.5, 0.6) is 10.9 Å². The van der Waals surface area contributed by atoms with Gasteiger partial charge < -0.3 is 19.7 Å². The SMILES string of the molecule is COc1ccc2sc(OC3CCN(C(=O)NCc4ccc(F)cc4)CC3)nc2c1. The van der Waals surface area contributed by atoms with Gasteiger partial charge in [0.2, 0.25) is 0 Å². The van der Waals surface area contributed by atoms with E-state index in [2.05, 4.69) is 10.3 Å².